The predicted molar refractivity (Wildman–Crippen MR) is 105 cm³/mol. The summed E-state index contributed by atoms with van der Waals surface area (Å²) in [5, 5.41) is 3.41. The summed E-state index contributed by atoms with van der Waals surface area (Å²) < 4.78 is 0. The number of carbonyl (C=O) groups is 2. The maximum Gasteiger partial charge on any atom is 0.229 e. The lowest BCUT2D eigenvalue weighted by Crippen LogP contribution is -2.47. The molecule has 1 unspecified atom stereocenters. The van der Waals surface area contributed by atoms with E-state index in [0.29, 0.717) is 19.4 Å². The molecule has 1 N–H and O–H groups in total. The van der Waals surface area contributed by atoms with Gasteiger partial charge >= 0.3 is 0 Å². The minimum Gasteiger partial charge on any atom is -0.313 e. The first-order valence-electron chi connectivity index (χ1n) is 9.51. The van der Waals surface area contributed by atoms with E-state index in [4.69, 9.17) is 0 Å². The number of imide groups is 1. The van der Waals surface area contributed by atoms with E-state index in [9.17, 15) is 9.59 Å². The summed E-state index contributed by atoms with van der Waals surface area (Å²) in [5.41, 5.74) is -0.200. The zero-order valence-electron chi connectivity index (χ0n) is 16.2. The van der Waals surface area contributed by atoms with Gasteiger partial charge in [-0.3, -0.25) is 19.4 Å². The van der Waals surface area contributed by atoms with Gasteiger partial charge in [-0.25, -0.2) is 9.97 Å². The fourth-order valence-electron chi connectivity index (χ4n) is 3.80. The van der Waals surface area contributed by atoms with Crippen molar-refractivity contribution >= 4 is 24.2 Å². The molecule has 2 amide bonds. The Balaban J connectivity index is 0.00000261. The van der Waals surface area contributed by atoms with Gasteiger partial charge in [-0.2, -0.15) is 0 Å². The fraction of sp³-hybridized carbons (Fsp3) is 0.684. The summed E-state index contributed by atoms with van der Waals surface area (Å²) in [6.07, 6.45) is 6.27. The molecule has 0 aliphatic carbocycles. The number of aromatic nitrogens is 2. The van der Waals surface area contributed by atoms with Gasteiger partial charge in [0.1, 0.15) is 5.82 Å². The molecular formula is C19H30ClN5O2. The number of rotatable bonds is 6. The summed E-state index contributed by atoms with van der Waals surface area (Å²) in [6, 6.07) is 2.02. The molecule has 1 atom stereocenters. The van der Waals surface area contributed by atoms with Crippen LogP contribution in [0.4, 0.5) is 0 Å². The molecule has 2 aliphatic heterocycles. The van der Waals surface area contributed by atoms with Gasteiger partial charge in [-0.1, -0.05) is 13.8 Å². The van der Waals surface area contributed by atoms with Gasteiger partial charge in [-0.05, 0) is 30.9 Å². The van der Waals surface area contributed by atoms with E-state index < -0.39 is 0 Å². The molecule has 8 heteroatoms. The third-order valence-electron chi connectivity index (χ3n) is 5.18. The molecule has 0 radical (unpaired) electrons. The fourth-order valence-corrected chi connectivity index (χ4v) is 3.80. The van der Waals surface area contributed by atoms with Crippen LogP contribution in [0.1, 0.15) is 51.4 Å². The molecule has 3 rings (SSSR count). The molecule has 1 aromatic heterocycles. The smallest absolute Gasteiger partial charge is 0.229 e. The van der Waals surface area contributed by atoms with Gasteiger partial charge in [0, 0.05) is 51.4 Å². The average molecular weight is 396 g/mol. The summed E-state index contributed by atoms with van der Waals surface area (Å²) in [6.45, 7) is 8.19. The van der Waals surface area contributed by atoms with Crippen molar-refractivity contribution in [2.24, 2.45) is 5.41 Å². The Morgan fingerprint density at radius 3 is 2.41 bits per heavy atom. The molecule has 2 fully saturated rings. The number of halogens is 1. The van der Waals surface area contributed by atoms with Crippen molar-refractivity contribution in [3.8, 4) is 0 Å². The maximum atomic E-state index is 12.2. The average Bonchev–Trinajstić information content (AvgIpc) is 2.60. The molecule has 0 spiro atoms. The van der Waals surface area contributed by atoms with E-state index in [1.165, 1.54) is 4.90 Å². The summed E-state index contributed by atoms with van der Waals surface area (Å²) in [7, 11) is 0. The maximum absolute atomic E-state index is 12.2. The molecule has 0 saturated carbocycles. The molecule has 3 heterocycles. The van der Waals surface area contributed by atoms with Crippen molar-refractivity contribution in [2.75, 3.05) is 32.7 Å². The lowest BCUT2D eigenvalue weighted by molar-refractivity contribution is -0.152. The number of piperazine rings is 1. The topological polar surface area (TPSA) is 78.4 Å². The number of piperidine rings is 1. The minimum atomic E-state index is -0.200. The van der Waals surface area contributed by atoms with Crippen LogP contribution in [0.5, 0.6) is 0 Å². The van der Waals surface area contributed by atoms with E-state index in [2.05, 4.69) is 20.2 Å². The van der Waals surface area contributed by atoms with Crippen LogP contribution in [-0.4, -0.2) is 64.3 Å². The Morgan fingerprint density at radius 2 is 1.74 bits per heavy atom. The molecule has 1 aromatic rings. The second-order valence-corrected chi connectivity index (χ2v) is 8.03. The first-order valence-corrected chi connectivity index (χ1v) is 9.51. The van der Waals surface area contributed by atoms with E-state index in [0.717, 1.165) is 44.8 Å². The van der Waals surface area contributed by atoms with E-state index in [1.54, 1.807) is 12.4 Å². The normalized spacial score (nSPS) is 23.2. The van der Waals surface area contributed by atoms with Crippen LogP contribution in [-0.2, 0) is 9.59 Å². The van der Waals surface area contributed by atoms with Crippen LogP contribution < -0.4 is 5.32 Å². The summed E-state index contributed by atoms with van der Waals surface area (Å²) in [5.74, 6) is 0.802. The lowest BCUT2D eigenvalue weighted by Gasteiger charge is -2.36. The summed E-state index contributed by atoms with van der Waals surface area (Å²) in [4.78, 5) is 37.1. The van der Waals surface area contributed by atoms with Crippen LogP contribution in [0.2, 0.25) is 0 Å². The Morgan fingerprint density at radius 1 is 1.11 bits per heavy atom. The van der Waals surface area contributed by atoms with Gasteiger partial charge < -0.3 is 5.32 Å². The number of carbonyl (C=O) groups excluding carboxylic acids is 2. The molecule has 0 bridgehead atoms. The quantitative estimate of drug-likeness (QED) is 0.584. The van der Waals surface area contributed by atoms with Crippen molar-refractivity contribution in [1.29, 1.82) is 0 Å². The van der Waals surface area contributed by atoms with Gasteiger partial charge in [0.2, 0.25) is 11.8 Å². The van der Waals surface area contributed by atoms with Gasteiger partial charge in [0.05, 0.1) is 6.04 Å². The summed E-state index contributed by atoms with van der Waals surface area (Å²) >= 11 is 0. The molecule has 2 aliphatic rings. The highest BCUT2D eigenvalue weighted by Gasteiger charge is 2.37. The molecule has 7 nitrogen and oxygen atoms in total. The van der Waals surface area contributed by atoms with E-state index in [-0.39, 0.29) is 35.7 Å². The highest BCUT2D eigenvalue weighted by molar-refractivity contribution is 5.98. The lowest BCUT2D eigenvalue weighted by atomic mass is 9.82. The van der Waals surface area contributed by atoms with Crippen LogP contribution in [0.15, 0.2) is 18.5 Å². The Labute approximate surface area is 167 Å². The van der Waals surface area contributed by atoms with E-state index in [1.807, 2.05) is 19.9 Å². The Kier molecular flexibility index (Phi) is 7.70. The molecule has 150 valence electrons. The molecule has 2 saturated heterocycles. The van der Waals surface area contributed by atoms with Gasteiger partial charge in [-0.15, -0.1) is 12.4 Å². The first kappa shape index (κ1) is 21.7. The second kappa shape index (κ2) is 9.57. The van der Waals surface area contributed by atoms with E-state index >= 15 is 0 Å². The van der Waals surface area contributed by atoms with Crippen LogP contribution in [0, 0.1) is 5.41 Å². The predicted octanol–water partition coefficient (Wildman–Crippen LogP) is 1.80. The zero-order chi connectivity index (χ0) is 18.6. The second-order valence-electron chi connectivity index (χ2n) is 8.03. The third kappa shape index (κ3) is 5.70. The van der Waals surface area contributed by atoms with Crippen molar-refractivity contribution in [1.82, 2.24) is 25.1 Å². The number of amides is 2. The zero-order valence-corrected chi connectivity index (χ0v) is 17.0. The highest BCUT2D eigenvalue weighted by Crippen LogP contribution is 2.31. The Bertz CT molecular complexity index is 620. The SMILES string of the molecule is CC1(C)CC(=O)N(CCCCN2CCNCC2c2ncccn2)C(=O)C1.Cl. The van der Waals surface area contributed by atoms with Crippen molar-refractivity contribution < 1.29 is 9.59 Å². The standard InChI is InChI=1S/C19H29N5O2.ClH/c1-19(2)12-16(25)24(17(26)13-19)10-4-3-9-23-11-8-20-14-15(23)18-21-6-5-7-22-18;/h5-7,15,20H,3-4,8-14H2,1-2H3;1H. The molecular weight excluding hydrogens is 366 g/mol. The minimum absolute atomic E-state index is 0. The van der Waals surface area contributed by atoms with Crippen molar-refractivity contribution in [2.45, 2.75) is 45.6 Å². The largest absolute Gasteiger partial charge is 0.313 e. The first-order chi connectivity index (χ1) is 12.5. The van der Waals surface area contributed by atoms with Crippen molar-refractivity contribution in [3.63, 3.8) is 0 Å². The number of nitrogens with zero attached hydrogens (tertiary/aromatic N) is 4. The number of hydrogen-bond donors (Lipinski definition) is 1. The van der Waals surface area contributed by atoms with Crippen molar-refractivity contribution in [3.05, 3.63) is 24.3 Å². The van der Waals surface area contributed by atoms with Crippen LogP contribution in [0.3, 0.4) is 0 Å². The molecule has 0 aromatic carbocycles. The number of hydrogen-bond acceptors (Lipinski definition) is 6. The number of unbranched alkanes of at least 4 members (excludes halogenated alkanes) is 1. The highest BCUT2D eigenvalue weighted by atomic mass is 35.5. The number of nitrogens with one attached hydrogen (secondary N) is 1. The Hall–Kier alpha value is -1.57. The van der Waals surface area contributed by atoms with Crippen LogP contribution >= 0.6 is 12.4 Å². The number of likely N-dealkylation sites (tertiary alicyclic amines) is 1. The monoisotopic (exact) mass is 395 g/mol. The third-order valence-corrected chi connectivity index (χ3v) is 5.18. The van der Waals surface area contributed by atoms with Gasteiger partial charge in [0.25, 0.3) is 0 Å². The molecule has 27 heavy (non-hydrogen) atoms. The van der Waals surface area contributed by atoms with Crippen LogP contribution in [0.25, 0.3) is 0 Å². The van der Waals surface area contributed by atoms with Gasteiger partial charge in [0.15, 0.2) is 0 Å².